The zero-order valence-corrected chi connectivity index (χ0v) is 13.2. The van der Waals surface area contributed by atoms with E-state index in [-0.39, 0.29) is 5.60 Å². The standard InChI is InChI=1S/C19H24O2/c1-19(2,3)21-16-10-7-11-17-15(12-16)13-18(20-17)14-8-5-4-6-9-14/h4-6,8-9,13,16H,7,10-12H2,1-3H3/t16-/m0/s1. The third-order valence-electron chi connectivity index (χ3n) is 3.85. The molecule has 0 fully saturated rings. The van der Waals surface area contributed by atoms with Crippen molar-refractivity contribution in [2.45, 2.75) is 58.2 Å². The smallest absolute Gasteiger partial charge is 0.134 e. The predicted octanol–water partition coefficient (Wildman–Crippen LogP) is 5.01. The largest absolute Gasteiger partial charge is 0.461 e. The fourth-order valence-corrected chi connectivity index (χ4v) is 3.03. The van der Waals surface area contributed by atoms with Crippen molar-refractivity contribution in [1.29, 1.82) is 0 Å². The Labute approximate surface area is 127 Å². The summed E-state index contributed by atoms with van der Waals surface area (Å²) in [5.41, 5.74) is 2.39. The lowest BCUT2D eigenvalue weighted by atomic mass is 10.1. The minimum absolute atomic E-state index is 0.0822. The van der Waals surface area contributed by atoms with E-state index in [9.17, 15) is 0 Å². The summed E-state index contributed by atoms with van der Waals surface area (Å²) >= 11 is 0. The molecule has 2 aromatic rings. The van der Waals surface area contributed by atoms with E-state index in [4.69, 9.17) is 9.15 Å². The molecule has 2 heteroatoms. The lowest BCUT2D eigenvalue weighted by Gasteiger charge is -2.26. The van der Waals surface area contributed by atoms with Gasteiger partial charge in [0.25, 0.3) is 0 Å². The van der Waals surface area contributed by atoms with Crippen LogP contribution in [0, 0.1) is 0 Å². The van der Waals surface area contributed by atoms with E-state index >= 15 is 0 Å². The quantitative estimate of drug-likeness (QED) is 0.723. The average molecular weight is 284 g/mol. The van der Waals surface area contributed by atoms with Crippen LogP contribution in [0.2, 0.25) is 0 Å². The van der Waals surface area contributed by atoms with Gasteiger partial charge in [-0.15, -0.1) is 0 Å². The summed E-state index contributed by atoms with van der Waals surface area (Å²) < 4.78 is 12.3. The maximum atomic E-state index is 6.19. The highest BCUT2D eigenvalue weighted by molar-refractivity contribution is 5.58. The van der Waals surface area contributed by atoms with Gasteiger partial charge in [-0.2, -0.15) is 0 Å². The molecule has 1 heterocycles. The first-order valence-electron chi connectivity index (χ1n) is 7.86. The fraction of sp³-hybridized carbons (Fsp3) is 0.474. The van der Waals surface area contributed by atoms with Crippen LogP contribution in [0.3, 0.4) is 0 Å². The van der Waals surface area contributed by atoms with Gasteiger partial charge >= 0.3 is 0 Å². The summed E-state index contributed by atoms with van der Waals surface area (Å²) in [5, 5.41) is 0. The molecule has 1 atom stereocenters. The number of ether oxygens (including phenoxy) is 1. The van der Waals surface area contributed by atoms with Crippen molar-refractivity contribution in [1.82, 2.24) is 0 Å². The van der Waals surface area contributed by atoms with E-state index in [1.165, 1.54) is 5.56 Å². The van der Waals surface area contributed by atoms with Crippen LogP contribution >= 0.6 is 0 Å². The fourth-order valence-electron chi connectivity index (χ4n) is 3.03. The van der Waals surface area contributed by atoms with Gasteiger partial charge in [-0.25, -0.2) is 0 Å². The molecule has 112 valence electrons. The van der Waals surface area contributed by atoms with E-state index in [0.29, 0.717) is 6.10 Å². The van der Waals surface area contributed by atoms with Gasteiger partial charge in [0.05, 0.1) is 11.7 Å². The van der Waals surface area contributed by atoms with Gasteiger partial charge in [0, 0.05) is 18.4 Å². The van der Waals surface area contributed by atoms with Crippen molar-refractivity contribution < 1.29 is 9.15 Å². The van der Waals surface area contributed by atoms with Crippen LogP contribution in [-0.4, -0.2) is 11.7 Å². The molecule has 0 N–H and O–H groups in total. The summed E-state index contributed by atoms with van der Waals surface area (Å²) in [6.45, 7) is 6.39. The molecule has 0 saturated heterocycles. The summed E-state index contributed by atoms with van der Waals surface area (Å²) in [5.74, 6) is 2.13. The SMILES string of the molecule is CC(C)(C)O[C@H]1CCCc2oc(-c3ccccc3)cc2C1. The molecule has 0 saturated carbocycles. The first kappa shape index (κ1) is 14.4. The molecule has 21 heavy (non-hydrogen) atoms. The van der Waals surface area contributed by atoms with Crippen LogP contribution < -0.4 is 0 Å². The third-order valence-corrected chi connectivity index (χ3v) is 3.85. The van der Waals surface area contributed by atoms with Gasteiger partial charge in [0.1, 0.15) is 11.5 Å². The molecule has 0 unspecified atom stereocenters. The number of aryl methyl sites for hydroxylation is 1. The van der Waals surface area contributed by atoms with E-state index in [1.54, 1.807) is 0 Å². The highest BCUT2D eigenvalue weighted by Crippen LogP contribution is 2.31. The molecular formula is C19H24O2. The summed E-state index contributed by atoms with van der Waals surface area (Å²) in [6, 6.07) is 12.5. The van der Waals surface area contributed by atoms with Crippen molar-refractivity contribution in [2.24, 2.45) is 0 Å². The van der Waals surface area contributed by atoms with Crippen LogP contribution in [-0.2, 0) is 17.6 Å². The van der Waals surface area contributed by atoms with Gasteiger partial charge < -0.3 is 9.15 Å². The first-order valence-corrected chi connectivity index (χ1v) is 7.86. The normalized spacial score (nSPS) is 19.1. The molecule has 1 aliphatic rings. The Kier molecular flexibility index (Phi) is 3.90. The van der Waals surface area contributed by atoms with Gasteiger partial charge in [-0.05, 0) is 45.2 Å². The Bertz CT molecular complexity index is 590. The second-order valence-electron chi connectivity index (χ2n) is 6.87. The Morgan fingerprint density at radius 3 is 2.62 bits per heavy atom. The van der Waals surface area contributed by atoms with Crippen molar-refractivity contribution in [3.63, 3.8) is 0 Å². The van der Waals surface area contributed by atoms with Gasteiger partial charge in [0.2, 0.25) is 0 Å². The molecule has 0 amide bonds. The lowest BCUT2D eigenvalue weighted by Crippen LogP contribution is -2.28. The Balaban J connectivity index is 1.83. The molecule has 0 bridgehead atoms. The highest BCUT2D eigenvalue weighted by atomic mass is 16.5. The van der Waals surface area contributed by atoms with Crippen LogP contribution in [0.5, 0.6) is 0 Å². The van der Waals surface area contributed by atoms with E-state index in [2.05, 4.69) is 51.1 Å². The molecule has 0 radical (unpaired) electrons. The topological polar surface area (TPSA) is 22.4 Å². The van der Waals surface area contributed by atoms with Gasteiger partial charge in [-0.3, -0.25) is 0 Å². The van der Waals surface area contributed by atoms with Crippen molar-refractivity contribution in [2.75, 3.05) is 0 Å². The zero-order valence-electron chi connectivity index (χ0n) is 13.2. The molecule has 1 aromatic carbocycles. The van der Waals surface area contributed by atoms with E-state index in [0.717, 1.165) is 42.8 Å². The zero-order chi connectivity index (χ0) is 14.9. The molecule has 2 nitrogen and oxygen atoms in total. The average Bonchev–Trinajstić information content (AvgIpc) is 2.72. The predicted molar refractivity (Wildman–Crippen MR) is 85.4 cm³/mol. The van der Waals surface area contributed by atoms with Crippen LogP contribution in [0.15, 0.2) is 40.8 Å². The van der Waals surface area contributed by atoms with Gasteiger partial charge in [0.15, 0.2) is 0 Å². The van der Waals surface area contributed by atoms with Crippen LogP contribution in [0.4, 0.5) is 0 Å². The number of benzene rings is 1. The first-order chi connectivity index (χ1) is 10.0. The summed E-state index contributed by atoms with van der Waals surface area (Å²) in [6.07, 6.45) is 4.53. The maximum Gasteiger partial charge on any atom is 0.134 e. The summed E-state index contributed by atoms with van der Waals surface area (Å²) in [4.78, 5) is 0. The van der Waals surface area contributed by atoms with Crippen LogP contribution in [0.1, 0.15) is 44.9 Å². The second-order valence-corrected chi connectivity index (χ2v) is 6.87. The Morgan fingerprint density at radius 1 is 1.14 bits per heavy atom. The number of hydrogen-bond acceptors (Lipinski definition) is 2. The molecule has 3 rings (SSSR count). The van der Waals surface area contributed by atoms with E-state index < -0.39 is 0 Å². The molecular weight excluding hydrogens is 260 g/mol. The molecule has 1 aromatic heterocycles. The molecule has 1 aliphatic carbocycles. The Morgan fingerprint density at radius 2 is 1.90 bits per heavy atom. The third kappa shape index (κ3) is 3.56. The minimum Gasteiger partial charge on any atom is -0.461 e. The van der Waals surface area contributed by atoms with E-state index in [1.807, 2.05) is 6.07 Å². The highest BCUT2D eigenvalue weighted by Gasteiger charge is 2.25. The van der Waals surface area contributed by atoms with Crippen LogP contribution in [0.25, 0.3) is 11.3 Å². The van der Waals surface area contributed by atoms with Crippen molar-refractivity contribution in [3.8, 4) is 11.3 Å². The number of fused-ring (bicyclic) bond motifs is 1. The van der Waals surface area contributed by atoms with Crippen molar-refractivity contribution in [3.05, 3.63) is 47.7 Å². The van der Waals surface area contributed by atoms with Gasteiger partial charge in [-0.1, -0.05) is 30.3 Å². The number of furan rings is 1. The second kappa shape index (κ2) is 5.69. The van der Waals surface area contributed by atoms with Crippen molar-refractivity contribution >= 4 is 0 Å². The monoisotopic (exact) mass is 284 g/mol. The minimum atomic E-state index is -0.0822. The summed E-state index contributed by atoms with van der Waals surface area (Å²) in [7, 11) is 0. The number of rotatable bonds is 2. The number of hydrogen-bond donors (Lipinski definition) is 0. The molecule has 0 aliphatic heterocycles. The lowest BCUT2D eigenvalue weighted by molar-refractivity contribution is -0.0620. The molecule has 0 spiro atoms. The maximum absolute atomic E-state index is 6.19. The Hall–Kier alpha value is -1.54.